The molecule has 0 bridgehead atoms. The van der Waals surface area contributed by atoms with Gasteiger partial charge in [0, 0.05) is 36.7 Å². The highest BCUT2D eigenvalue weighted by Gasteiger charge is 2.30. The molecular weight excluding hydrogens is 364 g/mol. The number of aromatic nitrogens is 1. The zero-order valence-electron chi connectivity index (χ0n) is 17.5. The number of fused-ring (bicyclic) bond motifs is 1. The van der Waals surface area contributed by atoms with Crippen molar-refractivity contribution in [2.45, 2.75) is 32.6 Å². The number of carbonyl (C=O) groups is 2. The molecular formula is C23H28N4O2. The van der Waals surface area contributed by atoms with E-state index in [1.807, 2.05) is 32.1 Å². The third-order valence-electron chi connectivity index (χ3n) is 6.02. The zero-order valence-corrected chi connectivity index (χ0v) is 17.5. The standard InChI is InChI=1S/C23H28N4O2/c1-13-19(25-14(2)20(13)23(29)27(3)4)12-17-21-16(15-8-10-24-11-9-15)6-5-7-18(21)26-22(17)28/h5-7,12,15,24-25H,8-11H2,1-4H3,(H,26,28)/b17-12-. The quantitative estimate of drug-likeness (QED) is 0.702. The number of rotatable bonds is 3. The number of H-pyrrole nitrogens is 1. The Balaban J connectivity index is 1.80. The van der Waals surface area contributed by atoms with Crippen LogP contribution in [0.3, 0.4) is 0 Å². The van der Waals surface area contributed by atoms with Gasteiger partial charge in [0.25, 0.3) is 11.8 Å². The van der Waals surface area contributed by atoms with Crippen LogP contribution in [0.25, 0.3) is 11.6 Å². The minimum atomic E-state index is -0.0893. The first-order valence-electron chi connectivity index (χ1n) is 10.2. The first kappa shape index (κ1) is 19.5. The van der Waals surface area contributed by atoms with Crippen LogP contribution >= 0.6 is 0 Å². The van der Waals surface area contributed by atoms with Crippen molar-refractivity contribution in [1.82, 2.24) is 15.2 Å². The number of amides is 2. The fourth-order valence-electron chi connectivity index (χ4n) is 4.50. The topological polar surface area (TPSA) is 77.2 Å². The molecule has 1 fully saturated rings. The predicted octanol–water partition coefficient (Wildman–Crippen LogP) is 3.29. The molecule has 152 valence electrons. The Morgan fingerprint density at radius 1 is 1.17 bits per heavy atom. The molecule has 4 rings (SSSR count). The average Bonchev–Trinajstić information content (AvgIpc) is 3.17. The Bertz CT molecular complexity index is 1010. The van der Waals surface area contributed by atoms with Gasteiger partial charge in [0.1, 0.15) is 0 Å². The summed E-state index contributed by atoms with van der Waals surface area (Å²) in [5.41, 5.74) is 6.96. The molecule has 1 aromatic heterocycles. The van der Waals surface area contributed by atoms with Crippen molar-refractivity contribution in [3.05, 3.63) is 51.8 Å². The highest BCUT2D eigenvalue weighted by Crippen LogP contribution is 2.41. The number of aryl methyl sites for hydroxylation is 1. The summed E-state index contributed by atoms with van der Waals surface area (Å²) in [6.07, 6.45) is 4.04. The lowest BCUT2D eigenvalue weighted by atomic mass is 9.85. The van der Waals surface area contributed by atoms with Crippen molar-refractivity contribution in [1.29, 1.82) is 0 Å². The van der Waals surface area contributed by atoms with Gasteiger partial charge in [0.2, 0.25) is 0 Å². The Morgan fingerprint density at radius 2 is 1.90 bits per heavy atom. The van der Waals surface area contributed by atoms with Crippen LogP contribution in [0.2, 0.25) is 0 Å². The monoisotopic (exact) mass is 392 g/mol. The number of anilines is 1. The van der Waals surface area contributed by atoms with Crippen molar-refractivity contribution in [2.75, 3.05) is 32.5 Å². The van der Waals surface area contributed by atoms with E-state index in [2.05, 4.69) is 21.7 Å². The lowest BCUT2D eigenvalue weighted by molar-refractivity contribution is -0.110. The second kappa shape index (κ2) is 7.52. The highest BCUT2D eigenvalue weighted by atomic mass is 16.2. The molecule has 0 atom stereocenters. The van der Waals surface area contributed by atoms with Gasteiger partial charge in [-0.05, 0) is 69.0 Å². The third-order valence-corrected chi connectivity index (χ3v) is 6.02. The number of benzene rings is 1. The van der Waals surface area contributed by atoms with Crippen LogP contribution in [0.5, 0.6) is 0 Å². The van der Waals surface area contributed by atoms with Crippen LogP contribution < -0.4 is 10.6 Å². The van der Waals surface area contributed by atoms with E-state index in [0.717, 1.165) is 54.1 Å². The zero-order chi connectivity index (χ0) is 20.7. The van der Waals surface area contributed by atoms with E-state index in [1.54, 1.807) is 19.0 Å². The van der Waals surface area contributed by atoms with Crippen LogP contribution in [0.15, 0.2) is 18.2 Å². The molecule has 0 saturated carbocycles. The molecule has 1 aromatic carbocycles. The maximum Gasteiger partial charge on any atom is 0.256 e. The van der Waals surface area contributed by atoms with Crippen molar-refractivity contribution in [2.24, 2.45) is 0 Å². The first-order chi connectivity index (χ1) is 13.9. The van der Waals surface area contributed by atoms with Crippen molar-refractivity contribution in [3.8, 4) is 0 Å². The lowest BCUT2D eigenvalue weighted by Crippen LogP contribution is -2.27. The van der Waals surface area contributed by atoms with E-state index in [4.69, 9.17) is 0 Å². The van der Waals surface area contributed by atoms with Gasteiger partial charge in [-0.15, -0.1) is 0 Å². The summed E-state index contributed by atoms with van der Waals surface area (Å²) in [7, 11) is 3.50. The van der Waals surface area contributed by atoms with Crippen molar-refractivity contribution >= 4 is 29.2 Å². The van der Waals surface area contributed by atoms with Gasteiger partial charge in [0.15, 0.2) is 0 Å². The van der Waals surface area contributed by atoms with Gasteiger partial charge in [-0.2, -0.15) is 0 Å². The van der Waals surface area contributed by atoms with Gasteiger partial charge in [-0.25, -0.2) is 0 Å². The number of nitrogens with one attached hydrogen (secondary N) is 3. The smallest absolute Gasteiger partial charge is 0.256 e. The highest BCUT2D eigenvalue weighted by molar-refractivity contribution is 6.35. The van der Waals surface area contributed by atoms with Gasteiger partial charge >= 0.3 is 0 Å². The van der Waals surface area contributed by atoms with E-state index in [0.29, 0.717) is 17.1 Å². The second-order valence-electron chi connectivity index (χ2n) is 8.17. The van der Waals surface area contributed by atoms with Gasteiger partial charge in [-0.3, -0.25) is 9.59 Å². The predicted molar refractivity (Wildman–Crippen MR) is 116 cm³/mol. The molecule has 1 saturated heterocycles. The van der Waals surface area contributed by atoms with Crippen LogP contribution in [-0.2, 0) is 4.79 Å². The molecule has 2 aliphatic rings. The van der Waals surface area contributed by atoms with E-state index in [-0.39, 0.29) is 11.8 Å². The van der Waals surface area contributed by atoms with E-state index in [9.17, 15) is 9.59 Å². The molecule has 0 radical (unpaired) electrons. The SMILES string of the molecule is Cc1[nH]c(/C=C2\C(=O)Nc3cccc(C4CCNCC4)c32)c(C)c1C(=O)N(C)C. The summed E-state index contributed by atoms with van der Waals surface area (Å²) >= 11 is 0. The molecule has 3 N–H and O–H groups in total. The summed E-state index contributed by atoms with van der Waals surface area (Å²) < 4.78 is 0. The Hall–Kier alpha value is -2.86. The number of piperidine rings is 1. The van der Waals surface area contributed by atoms with Gasteiger partial charge < -0.3 is 20.5 Å². The average molecular weight is 393 g/mol. The summed E-state index contributed by atoms with van der Waals surface area (Å²) in [6.45, 7) is 5.83. The third kappa shape index (κ3) is 3.38. The molecule has 6 nitrogen and oxygen atoms in total. The molecule has 2 amide bonds. The van der Waals surface area contributed by atoms with E-state index < -0.39 is 0 Å². The molecule has 6 heteroatoms. The van der Waals surface area contributed by atoms with Crippen LogP contribution in [0.4, 0.5) is 5.69 Å². The minimum Gasteiger partial charge on any atom is -0.358 e. The Labute approximate surface area is 171 Å². The first-order valence-corrected chi connectivity index (χ1v) is 10.2. The number of nitrogens with zero attached hydrogens (tertiary/aromatic N) is 1. The van der Waals surface area contributed by atoms with Crippen LogP contribution in [0, 0.1) is 13.8 Å². The summed E-state index contributed by atoms with van der Waals surface area (Å²) in [5.74, 6) is 0.320. The Morgan fingerprint density at radius 3 is 2.59 bits per heavy atom. The maximum absolute atomic E-state index is 12.8. The van der Waals surface area contributed by atoms with E-state index >= 15 is 0 Å². The molecule has 29 heavy (non-hydrogen) atoms. The molecule has 3 heterocycles. The molecule has 0 spiro atoms. The fourth-order valence-corrected chi connectivity index (χ4v) is 4.50. The number of carbonyl (C=O) groups excluding carboxylic acids is 2. The normalized spacial score (nSPS) is 18.1. The lowest BCUT2D eigenvalue weighted by Gasteiger charge is -2.25. The number of aromatic amines is 1. The molecule has 2 aromatic rings. The summed E-state index contributed by atoms with van der Waals surface area (Å²) in [5, 5.41) is 6.43. The summed E-state index contributed by atoms with van der Waals surface area (Å²) in [6, 6.07) is 6.14. The van der Waals surface area contributed by atoms with Crippen molar-refractivity contribution < 1.29 is 9.59 Å². The number of hydrogen-bond donors (Lipinski definition) is 3. The fraction of sp³-hybridized carbons (Fsp3) is 0.391. The summed E-state index contributed by atoms with van der Waals surface area (Å²) in [4.78, 5) is 30.3. The number of hydrogen-bond acceptors (Lipinski definition) is 3. The Kier molecular flexibility index (Phi) is 5.04. The van der Waals surface area contributed by atoms with Crippen molar-refractivity contribution in [3.63, 3.8) is 0 Å². The molecule has 2 aliphatic heterocycles. The van der Waals surface area contributed by atoms with Crippen LogP contribution in [-0.4, -0.2) is 48.9 Å². The molecule has 0 unspecified atom stereocenters. The maximum atomic E-state index is 12.8. The van der Waals surface area contributed by atoms with Gasteiger partial charge in [0.05, 0.1) is 11.1 Å². The van der Waals surface area contributed by atoms with E-state index in [1.165, 1.54) is 5.56 Å². The second-order valence-corrected chi connectivity index (χ2v) is 8.17. The minimum absolute atomic E-state index is 0.0347. The van der Waals surface area contributed by atoms with Gasteiger partial charge in [-0.1, -0.05) is 12.1 Å². The molecule has 0 aliphatic carbocycles. The largest absolute Gasteiger partial charge is 0.358 e. The van der Waals surface area contributed by atoms with Crippen LogP contribution in [0.1, 0.15) is 57.2 Å².